The average molecular weight is 306 g/mol. The van der Waals surface area contributed by atoms with Crippen LogP contribution in [0.3, 0.4) is 0 Å². The molecular weight excluding hydrogens is 288 g/mol. The summed E-state index contributed by atoms with van der Waals surface area (Å²) in [5, 5.41) is 8.93. The number of rotatable bonds is 4. The Bertz CT molecular complexity index is 726. The van der Waals surface area contributed by atoms with E-state index >= 15 is 0 Å². The van der Waals surface area contributed by atoms with E-state index in [-0.39, 0.29) is 5.78 Å². The van der Waals surface area contributed by atoms with Crippen molar-refractivity contribution in [3.63, 3.8) is 0 Å². The van der Waals surface area contributed by atoms with Crippen LogP contribution < -0.4 is 0 Å². The van der Waals surface area contributed by atoms with Crippen LogP contribution in [-0.2, 0) is 11.3 Å². The van der Waals surface area contributed by atoms with Gasteiger partial charge < -0.3 is 4.74 Å². The minimum atomic E-state index is -0.0555. The van der Waals surface area contributed by atoms with Crippen LogP contribution in [0.5, 0.6) is 0 Å². The van der Waals surface area contributed by atoms with Crippen molar-refractivity contribution in [2.75, 3.05) is 26.3 Å². The summed E-state index contributed by atoms with van der Waals surface area (Å²) in [7, 11) is 0. The first-order chi connectivity index (χ1) is 11.3. The highest BCUT2D eigenvalue weighted by atomic mass is 16.5. The SMILES string of the molecule is N#Cc1cccc(C(=O)c2ccc(CN3CCOCC3)cc2)c1. The standard InChI is InChI=1S/C19H18N2O2/c20-13-16-2-1-3-18(12-16)19(22)17-6-4-15(5-7-17)14-21-8-10-23-11-9-21/h1-7,12H,8-11,14H2. The largest absolute Gasteiger partial charge is 0.379 e. The normalized spacial score (nSPS) is 15.1. The summed E-state index contributed by atoms with van der Waals surface area (Å²) < 4.78 is 5.35. The maximum atomic E-state index is 12.5. The van der Waals surface area contributed by atoms with E-state index in [2.05, 4.69) is 11.0 Å². The topological polar surface area (TPSA) is 53.3 Å². The molecule has 0 N–H and O–H groups in total. The Labute approximate surface area is 135 Å². The summed E-state index contributed by atoms with van der Waals surface area (Å²) in [5.41, 5.74) is 2.88. The second kappa shape index (κ2) is 7.19. The summed E-state index contributed by atoms with van der Waals surface area (Å²) in [4.78, 5) is 14.8. The molecule has 4 heteroatoms. The molecule has 0 unspecified atom stereocenters. The fourth-order valence-electron chi connectivity index (χ4n) is 2.68. The van der Waals surface area contributed by atoms with Crippen molar-refractivity contribution < 1.29 is 9.53 Å². The first kappa shape index (κ1) is 15.4. The highest BCUT2D eigenvalue weighted by Crippen LogP contribution is 2.14. The van der Waals surface area contributed by atoms with Gasteiger partial charge in [0.2, 0.25) is 0 Å². The van der Waals surface area contributed by atoms with E-state index in [1.165, 1.54) is 5.56 Å². The number of morpholine rings is 1. The predicted octanol–water partition coefficient (Wildman–Crippen LogP) is 2.62. The quantitative estimate of drug-likeness (QED) is 0.815. The zero-order chi connectivity index (χ0) is 16.1. The lowest BCUT2D eigenvalue weighted by atomic mass is 10.0. The Morgan fingerprint density at radius 1 is 1.09 bits per heavy atom. The predicted molar refractivity (Wildman–Crippen MR) is 87.1 cm³/mol. The highest BCUT2D eigenvalue weighted by molar-refractivity contribution is 6.09. The minimum absolute atomic E-state index is 0.0555. The van der Waals surface area contributed by atoms with Gasteiger partial charge >= 0.3 is 0 Å². The van der Waals surface area contributed by atoms with Gasteiger partial charge in [-0.25, -0.2) is 0 Å². The Balaban J connectivity index is 1.71. The Kier molecular flexibility index (Phi) is 4.82. The van der Waals surface area contributed by atoms with Gasteiger partial charge in [-0.05, 0) is 17.7 Å². The lowest BCUT2D eigenvalue weighted by Gasteiger charge is -2.26. The minimum Gasteiger partial charge on any atom is -0.379 e. The van der Waals surface area contributed by atoms with Gasteiger partial charge in [-0.2, -0.15) is 5.26 Å². The van der Waals surface area contributed by atoms with Gasteiger partial charge in [0.15, 0.2) is 5.78 Å². The molecule has 2 aromatic rings. The molecule has 23 heavy (non-hydrogen) atoms. The monoisotopic (exact) mass is 306 g/mol. The second-order valence-electron chi connectivity index (χ2n) is 5.61. The number of carbonyl (C=O) groups excluding carboxylic acids is 1. The van der Waals surface area contributed by atoms with Gasteiger partial charge in [0, 0.05) is 30.8 Å². The Morgan fingerprint density at radius 2 is 1.83 bits per heavy atom. The molecular formula is C19H18N2O2. The van der Waals surface area contributed by atoms with Crippen molar-refractivity contribution in [1.29, 1.82) is 5.26 Å². The fourth-order valence-corrected chi connectivity index (χ4v) is 2.68. The molecule has 116 valence electrons. The average Bonchev–Trinajstić information content (AvgIpc) is 2.63. The Hall–Kier alpha value is -2.48. The summed E-state index contributed by atoms with van der Waals surface area (Å²) in [5.74, 6) is -0.0555. The van der Waals surface area contributed by atoms with Crippen molar-refractivity contribution in [1.82, 2.24) is 4.90 Å². The molecule has 4 nitrogen and oxygen atoms in total. The molecule has 3 rings (SSSR count). The van der Waals surface area contributed by atoms with E-state index in [0.717, 1.165) is 32.8 Å². The fraction of sp³-hybridized carbons (Fsp3) is 0.263. The lowest BCUT2D eigenvalue weighted by Crippen LogP contribution is -2.35. The molecule has 0 radical (unpaired) electrons. The summed E-state index contributed by atoms with van der Waals surface area (Å²) >= 11 is 0. The summed E-state index contributed by atoms with van der Waals surface area (Å²) in [6, 6.07) is 16.6. The summed E-state index contributed by atoms with van der Waals surface area (Å²) in [6.45, 7) is 4.34. The number of benzene rings is 2. The van der Waals surface area contributed by atoms with Crippen LogP contribution >= 0.6 is 0 Å². The van der Waals surface area contributed by atoms with E-state index in [1.807, 2.05) is 24.3 Å². The van der Waals surface area contributed by atoms with Crippen LogP contribution in [0.2, 0.25) is 0 Å². The van der Waals surface area contributed by atoms with Crippen molar-refractivity contribution in [3.8, 4) is 6.07 Å². The molecule has 1 aliphatic heterocycles. The third kappa shape index (κ3) is 3.84. The molecule has 0 atom stereocenters. The molecule has 0 amide bonds. The third-order valence-corrected chi connectivity index (χ3v) is 3.98. The molecule has 0 bridgehead atoms. The van der Waals surface area contributed by atoms with E-state index in [0.29, 0.717) is 16.7 Å². The number of carbonyl (C=O) groups is 1. The van der Waals surface area contributed by atoms with Gasteiger partial charge in [-0.15, -0.1) is 0 Å². The van der Waals surface area contributed by atoms with Gasteiger partial charge in [-0.3, -0.25) is 9.69 Å². The molecule has 2 aromatic carbocycles. The van der Waals surface area contributed by atoms with Crippen molar-refractivity contribution in [3.05, 3.63) is 70.8 Å². The first-order valence-corrected chi connectivity index (χ1v) is 7.70. The van der Waals surface area contributed by atoms with Crippen LogP contribution in [0.1, 0.15) is 27.0 Å². The maximum absolute atomic E-state index is 12.5. The molecule has 1 fully saturated rings. The van der Waals surface area contributed by atoms with Crippen LogP contribution in [0.25, 0.3) is 0 Å². The maximum Gasteiger partial charge on any atom is 0.193 e. The number of ketones is 1. The Morgan fingerprint density at radius 3 is 2.52 bits per heavy atom. The first-order valence-electron chi connectivity index (χ1n) is 7.70. The van der Waals surface area contributed by atoms with Crippen molar-refractivity contribution in [2.45, 2.75) is 6.54 Å². The number of nitriles is 1. The molecule has 1 aliphatic rings. The van der Waals surface area contributed by atoms with Crippen LogP contribution in [0, 0.1) is 11.3 Å². The van der Waals surface area contributed by atoms with Crippen molar-refractivity contribution in [2.24, 2.45) is 0 Å². The smallest absolute Gasteiger partial charge is 0.193 e. The number of hydrogen-bond donors (Lipinski definition) is 0. The van der Waals surface area contributed by atoms with Crippen LogP contribution in [0.15, 0.2) is 48.5 Å². The number of ether oxygens (including phenoxy) is 1. The lowest BCUT2D eigenvalue weighted by molar-refractivity contribution is 0.0342. The van der Waals surface area contributed by atoms with Crippen molar-refractivity contribution >= 4 is 5.78 Å². The number of nitrogens with zero attached hydrogens (tertiary/aromatic N) is 2. The van der Waals surface area contributed by atoms with Crippen LogP contribution in [0.4, 0.5) is 0 Å². The van der Waals surface area contributed by atoms with Crippen LogP contribution in [-0.4, -0.2) is 37.0 Å². The van der Waals surface area contributed by atoms with E-state index in [4.69, 9.17) is 10.00 Å². The summed E-state index contributed by atoms with van der Waals surface area (Å²) in [6.07, 6.45) is 0. The molecule has 0 aromatic heterocycles. The number of hydrogen-bond acceptors (Lipinski definition) is 4. The van der Waals surface area contributed by atoms with Gasteiger partial charge in [0.05, 0.1) is 24.8 Å². The zero-order valence-corrected chi connectivity index (χ0v) is 12.9. The van der Waals surface area contributed by atoms with E-state index in [1.54, 1.807) is 24.3 Å². The molecule has 0 saturated carbocycles. The van der Waals surface area contributed by atoms with E-state index < -0.39 is 0 Å². The molecule has 1 saturated heterocycles. The second-order valence-corrected chi connectivity index (χ2v) is 5.61. The van der Waals surface area contributed by atoms with Gasteiger partial charge in [0.1, 0.15) is 0 Å². The van der Waals surface area contributed by atoms with E-state index in [9.17, 15) is 4.79 Å². The molecule has 0 spiro atoms. The van der Waals surface area contributed by atoms with Gasteiger partial charge in [0.25, 0.3) is 0 Å². The molecule has 1 heterocycles. The third-order valence-electron chi connectivity index (χ3n) is 3.98. The van der Waals surface area contributed by atoms with Gasteiger partial charge in [-0.1, -0.05) is 36.4 Å². The highest BCUT2D eigenvalue weighted by Gasteiger charge is 2.12. The molecule has 0 aliphatic carbocycles. The zero-order valence-electron chi connectivity index (χ0n) is 12.9.